The van der Waals surface area contributed by atoms with Crippen molar-refractivity contribution in [2.75, 3.05) is 27.1 Å². The van der Waals surface area contributed by atoms with Gasteiger partial charge in [-0.25, -0.2) is 9.79 Å². The molecule has 6 rings (SSSR count). The first kappa shape index (κ1) is 27.3. The van der Waals surface area contributed by atoms with E-state index >= 15 is 0 Å². The van der Waals surface area contributed by atoms with E-state index in [1.807, 2.05) is 55.5 Å². The third-order valence-electron chi connectivity index (χ3n) is 6.87. The van der Waals surface area contributed by atoms with Crippen LogP contribution in [-0.4, -0.2) is 37.7 Å². The number of fused-ring (bicyclic) bond motifs is 2. The molecule has 0 spiro atoms. The molecule has 3 aromatic carbocycles. The lowest BCUT2D eigenvalue weighted by molar-refractivity contribution is -0.138. The number of hydrogen-bond donors (Lipinski definition) is 0. The number of esters is 1. The van der Waals surface area contributed by atoms with E-state index in [4.69, 9.17) is 28.7 Å². The van der Waals surface area contributed by atoms with Gasteiger partial charge >= 0.3 is 5.97 Å². The Morgan fingerprint density at radius 3 is 2.60 bits per heavy atom. The Balaban J connectivity index is 1.60. The second-order valence-corrected chi connectivity index (χ2v) is 10.4. The van der Waals surface area contributed by atoms with Crippen molar-refractivity contribution in [3.05, 3.63) is 109 Å². The van der Waals surface area contributed by atoms with Crippen LogP contribution in [0.15, 0.2) is 82.1 Å². The molecule has 0 amide bonds. The van der Waals surface area contributed by atoms with Crippen LogP contribution in [0.3, 0.4) is 0 Å². The molecule has 0 aliphatic carbocycles. The van der Waals surface area contributed by atoms with Crippen molar-refractivity contribution >= 4 is 29.1 Å². The number of carbonyl (C=O) groups is 1. The van der Waals surface area contributed by atoms with Gasteiger partial charge < -0.3 is 23.7 Å². The normalized spacial score (nSPS) is 15.7. The topological polar surface area (TPSA) is 97.6 Å². The first-order chi connectivity index (χ1) is 20.5. The minimum atomic E-state index is -0.818. The Morgan fingerprint density at radius 1 is 1.02 bits per heavy atom. The van der Waals surface area contributed by atoms with E-state index in [9.17, 15) is 9.59 Å². The largest absolute Gasteiger partial charge is 0.493 e. The summed E-state index contributed by atoms with van der Waals surface area (Å²) in [5.41, 5.74) is 2.60. The van der Waals surface area contributed by atoms with Crippen LogP contribution in [0.5, 0.6) is 23.0 Å². The number of carbonyl (C=O) groups excluding carboxylic acids is 1. The van der Waals surface area contributed by atoms with E-state index in [-0.39, 0.29) is 24.5 Å². The standard InChI is InChI=1S/C32H28N2O7S/c1-4-38-24-15-19(11-13-22(24)37-3)16-26-30(35)34-29(21-12-14-23-25(17-21)41-18-40-23)27(31(36)39-5-2)28(33-32(34)42-26)20-9-7-6-8-10-20/h6-17,29H,4-5,18H2,1-3H3/b26-16-/t29-/m1/s1. The van der Waals surface area contributed by atoms with Crippen LogP contribution in [0.2, 0.25) is 0 Å². The number of hydrogen-bond acceptors (Lipinski definition) is 9. The van der Waals surface area contributed by atoms with Gasteiger partial charge in [0.1, 0.15) is 0 Å². The molecule has 3 heterocycles. The molecule has 0 radical (unpaired) electrons. The number of thiazole rings is 1. The van der Waals surface area contributed by atoms with Crippen molar-refractivity contribution in [1.29, 1.82) is 0 Å². The Labute approximate surface area is 245 Å². The number of ether oxygens (including phenoxy) is 5. The molecule has 2 aliphatic rings. The first-order valence-corrected chi connectivity index (χ1v) is 14.3. The average Bonchev–Trinajstić information content (AvgIpc) is 3.60. The molecule has 0 unspecified atom stereocenters. The molecular formula is C32H28N2O7S. The van der Waals surface area contributed by atoms with Gasteiger partial charge in [0, 0.05) is 5.56 Å². The summed E-state index contributed by atoms with van der Waals surface area (Å²) in [5, 5.41) is 0. The van der Waals surface area contributed by atoms with Gasteiger partial charge in [-0.05, 0) is 55.3 Å². The predicted molar refractivity (Wildman–Crippen MR) is 158 cm³/mol. The molecule has 2 aliphatic heterocycles. The van der Waals surface area contributed by atoms with Crippen LogP contribution >= 0.6 is 11.3 Å². The average molecular weight is 585 g/mol. The second-order valence-electron chi connectivity index (χ2n) is 9.39. The SMILES string of the molecule is CCOC(=O)C1=C(c2ccccc2)N=c2s/c(=C\c3ccc(OC)c(OCC)c3)c(=O)n2[C@@H]1c1ccc2c(c1)OCO2. The van der Waals surface area contributed by atoms with Crippen LogP contribution < -0.4 is 33.8 Å². The number of rotatable bonds is 8. The van der Waals surface area contributed by atoms with Gasteiger partial charge in [-0.3, -0.25) is 9.36 Å². The Bertz CT molecular complexity index is 1870. The van der Waals surface area contributed by atoms with E-state index in [1.165, 1.54) is 11.3 Å². The molecule has 0 saturated carbocycles. The van der Waals surface area contributed by atoms with Crippen LogP contribution in [0, 0.1) is 0 Å². The lowest BCUT2D eigenvalue weighted by Gasteiger charge is -2.26. The zero-order valence-corrected chi connectivity index (χ0v) is 24.1. The summed E-state index contributed by atoms with van der Waals surface area (Å²) in [7, 11) is 1.58. The highest BCUT2D eigenvalue weighted by atomic mass is 32.1. The van der Waals surface area contributed by atoms with Gasteiger partial charge in [-0.2, -0.15) is 0 Å². The van der Waals surface area contributed by atoms with Crippen molar-refractivity contribution in [3.63, 3.8) is 0 Å². The number of methoxy groups -OCH3 is 1. The number of nitrogens with zero attached hydrogens (tertiary/aromatic N) is 2. The molecule has 0 saturated heterocycles. The van der Waals surface area contributed by atoms with E-state index in [2.05, 4.69) is 0 Å². The van der Waals surface area contributed by atoms with Gasteiger partial charge in [-0.15, -0.1) is 0 Å². The van der Waals surface area contributed by atoms with Crippen molar-refractivity contribution in [1.82, 2.24) is 4.57 Å². The monoisotopic (exact) mass is 584 g/mol. The van der Waals surface area contributed by atoms with Crippen molar-refractivity contribution < 1.29 is 28.5 Å². The summed E-state index contributed by atoms with van der Waals surface area (Å²) in [6.07, 6.45) is 1.79. The third-order valence-corrected chi connectivity index (χ3v) is 7.85. The smallest absolute Gasteiger partial charge is 0.338 e. The van der Waals surface area contributed by atoms with Gasteiger partial charge in [-0.1, -0.05) is 53.8 Å². The molecule has 1 atom stereocenters. The fourth-order valence-electron chi connectivity index (χ4n) is 5.04. The number of aromatic nitrogens is 1. The summed E-state index contributed by atoms with van der Waals surface area (Å²) in [5.74, 6) is 1.77. The molecule has 9 nitrogen and oxygen atoms in total. The van der Waals surface area contributed by atoms with Crippen molar-refractivity contribution in [3.8, 4) is 23.0 Å². The highest BCUT2D eigenvalue weighted by molar-refractivity contribution is 7.07. The van der Waals surface area contributed by atoms with Crippen LogP contribution in [0.25, 0.3) is 11.8 Å². The maximum absolute atomic E-state index is 14.1. The Kier molecular flexibility index (Phi) is 7.54. The van der Waals surface area contributed by atoms with Gasteiger partial charge in [0.05, 0.1) is 42.2 Å². The Hall–Kier alpha value is -4.83. The minimum Gasteiger partial charge on any atom is -0.493 e. The van der Waals surface area contributed by atoms with E-state index in [1.54, 1.807) is 42.9 Å². The van der Waals surface area contributed by atoms with Crippen LogP contribution in [0.4, 0.5) is 0 Å². The summed E-state index contributed by atoms with van der Waals surface area (Å²) in [6, 6.07) is 19.5. The number of benzene rings is 3. The predicted octanol–water partition coefficient (Wildman–Crippen LogP) is 4.07. The maximum Gasteiger partial charge on any atom is 0.338 e. The van der Waals surface area contributed by atoms with Gasteiger partial charge in [0.2, 0.25) is 6.79 Å². The molecule has 0 bridgehead atoms. The van der Waals surface area contributed by atoms with Gasteiger partial charge in [0.25, 0.3) is 5.56 Å². The molecule has 10 heteroatoms. The zero-order valence-electron chi connectivity index (χ0n) is 23.3. The van der Waals surface area contributed by atoms with E-state index in [0.717, 1.165) is 11.1 Å². The highest BCUT2D eigenvalue weighted by Crippen LogP contribution is 2.40. The molecule has 42 heavy (non-hydrogen) atoms. The molecule has 0 N–H and O–H groups in total. The molecular weight excluding hydrogens is 556 g/mol. The molecule has 1 aromatic heterocycles. The quantitative estimate of drug-likeness (QED) is 0.288. The van der Waals surface area contributed by atoms with Crippen molar-refractivity contribution in [2.24, 2.45) is 4.99 Å². The molecule has 4 aromatic rings. The molecule has 214 valence electrons. The van der Waals surface area contributed by atoms with E-state index in [0.29, 0.717) is 50.2 Å². The fraction of sp³-hybridized carbons (Fsp3) is 0.219. The molecule has 0 fully saturated rings. The van der Waals surface area contributed by atoms with E-state index < -0.39 is 12.0 Å². The first-order valence-electron chi connectivity index (χ1n) is 13.5. The second kappa shape index (κ2) is 11.6. The van der Waals surface area contributed by atoms with Crippen LogP contribution in [-0.2, 0) is 9.53 Å². The minimum absolute atomic E-state index is 0.100. The van der Waals surface area contributed by atoms with Crippen LogP contribution in [0.1, 0.15) is 36.6 Å². The Morgan fingerprint density at radius 2 is 1.83 bits per heavy atom. The summed E-state index contributed by atoms with van der Waals surface area (Å²) >= 11 is 1.25. The lowest BCUT2D eigenvalue weighted by atomic mass is 9.93. The summed E-state index contributed by atoms with van der Waals surface area (Å²) < 4.78 is 29.8. The van der Waals surface area contributed by atoms with Gasteiger partial charge in [0.15, 0.2) is 27.8 Å². The van der Waals surface area contributed by atoms with Crippen molar-refractivity contribution in [2.45, 2.75) is 19.9 Å². The zero-order chi connectivity index (χ0) is 29.2. The maximum atomic E-state index is 14.1. The third kappa shape index (κ3) is 4.94. The summed E-state index contributed by atoms with van der Waals surface area (Å²) in [6.45, 7) is 4.38. The fourth-order valence-corrected chi connectivity index (χ4v) is 6.04. The summed E-state index contributed by atoms with van der Waals surface area (Å²) in [4.78, 5) is 33.1. The lowest BCUT2D eigenvalue weighted by Crippen LogP contribution is -2.40. The highest BCUT2D eigenvalue weighted by Gasteiger charge is 2.36.